The molecule has 20 rings (SSSR count). The number of hydrogen-bond acceptors (Lipinski definition) is 0. The summed E-state index contributed by atoms with van der Waals surface area (Å²) in [5.41, 5.74) is 8.96. The summed E-state index contributed by atoms with van der Waals surface area (Å²) in [5, 5.41) is 5.47. The Morgan fingerprint density at radius 3 is 0.696 bits per heavy atom. The second-order valence-corrected chi connectivity index (χ2v) is 47.5. The molecule has 0 radical (unpaired) electrons. The van der Waals surface area contributed by atoms with Gasteiger partial charge in [0, 0.05) is 0 Å². The quantitative estimate of drug-likeness (QED) is 0.109. The van der Waals surface area contributed by atoms with Gasteiger partial charge in [-0.1, -0.05) is 72.6 Å². The predicted octanol–water partition coefficient (Wildman–Crippen LogP) is 18.5. The zero-order valence-electron chi connectivity index (χ0n) is 67.1. The van der Waals surface area contributed by atoms with Crippen LogP contribution in [0.3, 0.4) is 0 Å². The van der Waals surface area contributed by atoms with Gasteiger partial charge in [-0.3, -0.25) is 0 Å². The van der Waals surface area contributed by atoms with Crippen molar-refractivity contribution in [3.05, 3.63) is 412 Å². The molecule has 4 aromatic heterocycles. The van der Waals surface area contributed by atoms with Crippen molar-refractivity contribution in [1.82, 2.24) is 18.3 Å². The average molecular weight is 1530 g/mol. The number of benzene rings is 16. The number of aromatic nitrogens is 4. The molecular weight excluding hydrogens is 1450 g/mol. The second-order valence-electron chi connectivity index (χ2n) is 25.8. The standard InChI is InChI=1S/2C30H19N2.6C6H5.2Sn/c2*1-2-10-21(11-3-1)31-29-17-9-6-14-25(29)26-20-22(18-19-30(26)31)32-27-15-7-4-12-23(27)24-13-5-8-16-28(24)32;6*1-2-4-6-5-3-1;;/h2*2-20H;6*1-5H;;/i4D,5D,7D,8D,12D,13D,15D,16D;4D,7D,12D,15D;;;;;;;;. The van der Waals surface area contributed by atoms with E-state index >= 15 is 0 Å². The van der Waals surface area contributed by atoms with Crippen LogP contribution in [-0.4, -0.2) is 55.0 Å². The molecule has 0 fully saturated rings. The molecule has 102 heavy (non-hydrogen) atoms. The van der Waals surface area contributed by atoms with E-state index in [1.807, 2.05) is 59.2 Å². The van der Waals surface area contributed by atoms with E-state index in [1.54, 1.807) is 4.57 Å². The SMILES string of the molecule is [2H]c1c([2H])c([2H])c2c(c1[2H])c1c([2H])c([2H])c([2H])c([2H])c1n2-c1ccc2c(c1)c1ccccc1n2-c1cc[c]([Sn]([c]2ccccc2)([c]2ccccc2)[c]2ccccc2)cc1.[2H]c1c([2H])c([2H])c2c(c1[2H])c1ccccc1n2-c1ccc2c(c1)c1ccccc1n2-c1cc[c]([Sn]([c]2ccccc2)([c]2ccccc2)[c]2ccccc2)cc1. The molecule has 0 N–H and O–H groups in total. The van der Waals surface area contributed by atoms with Gasteiger partial charge in [0.05, 0.1) is 16.4 Å². The van der Waals surface area contributed by atoms with E-state index in [4.69, 9.17) is 16.4 Å². The van der Waals surface area contributed by atoms with Gasteiger partial charge in [-0.2, -0.15) is 0 Å². The van der Waals surface area contributed by atoms with Crippen molar-refractivity contribution in [2.75, 3.05) is 0 Å². The van der Waals surface area contributed by atoms with Crippen molar-refractivity contribution in [3.63, 3.8) is 0 Å². The van der Waals surface area contributed by atoms with Crippen molar-refractivity contribution in [2.45, 2.75) is 0 Å². The van der Waals surface area contributed by atoms with Crippen LogP contribution in [0.25, 0.3) is 110 Å². The third-order valence-corrected chi connectivity index (χ3v) is 47.9. The third-order valence-electron chi connectivity index (χ3n) is 20.5. The molecule has 4 nitrogen and oxygen atoms in total. The minimum atomic E-state index is -3.85. The third kappa shape index (κ3) is 9.94. The molecule has 0 aliphatic rings. The molecule has 0 saturated carbocycles. The molecule has 480 valence electrons. The zero-order valence-corrected chi connectivity index (χ0v) is 60.8. The molecule has 0 aliphatic carbocycles. The molecular formula is C96H68N4Sn2. The minimum absolute atomic E-state index is 0.0208. The summed E-state index contributed by atoms with van der Waals surface area (Å²) >= 11 is -7.62. The van der Waals surface area contributed by atoms with E-state index in [2.05, 4.69) is 294 Å². The van der Waals surface area contributed by atoms with E-state index in [0.717, 1.165) is 71.6 Å². The fourth-order valence-electron chi connectivity index (χ4n) is 16.2. The van der Waals surface area contributed by atoms with Gasteiger partial charge in [-0.15, -0.1) is 0 Å². The number of nitrogens with zero attached hydrogens (tertiary/aromatic N) is 4. The molecule has 20 aromatic rings. The van der Waals surface area contributed by atoms with Crippen LogP contribution in [-0.2, 0) is 0 Å². The summed E-state index contributed by atoms with van der Waals surface area (Å²) in [4.78, 5) is 0. The number of rotatable bonds is 12. The van der Waals surface area contributed by atoms with Crippen molar-refractivity contribution < 1.29 is 16.4 Å². The number of para-hydroxylation sites is 6. The molecule has 0 atom stereocenters. The van der Waals surface area contributed by atoms with Crippen molar-refractivity contribution in [2.24, 2.45) is 0 Å². The van der Waals surface area contributed by atoms with Gasteiger partial charge in [0.1, 0.15) is 0 Å². The van der Waals surface area contributed by atoms with E-state index < -0.39 is 60.9 Å². The number of fused-ring (bicyclic) bond motifs is 12. The molecule has 0 spiro atoms. The van der Waals surface area contributed by atoms with Crippen LogP contribution in [0.4, 0.5) is 0 Å². The van der Waals surface area contributed by atoms with Gasteiger partial charge in [0.15, 0.2) is 0 Å². The second kappa shape index (κ2) is 25.8. The van der Waals surface area contributed by atoms with E-state index in [0.29, 0.717) is 16.6 Å². The summed E-state index contributed by atoms with van der Waals surface area (Å²) in [6.45, 7) is 0. The average Bonchev–Trinajstić information content (AvgIpc) is 1.56. The van der Waals surface area contributed by atoms with Gasteiger partial charge < -0.3 is 0 Å². The van der Waals surface area contributed by atoms with Gasteiger partial charge in [0.25, 0.3) is 0 Å². The van der Waals surface area contributed by atoms with Gasteiger partial charge >= 0.3 is 533 Å². The Morgan fingerprint density at radius 2 is 0.382 bits per heavy atom. The van der Waals surface area contributed by atoms with Crippen LogP contribution in [0.1, 0.15) is 16.4 Å². The maximum absolute atomic E-state index is 9.01. The Labute approximate surface area is 617 Å². The van der Waals surface area contributed by atoms with Gasteiger partial charge in [-0.25, -0.2) is 0 Å². The van der Waals surface area contributed by atoms with Gasteiger partial charge in [-0.05, 0) is 0 Å². The van der Waals surface area contributed by atoms with Crippen LogP contribution in [0.5, 0.6) is 0 Å². The Morgan fingerprint density at radius 1 is 0.167 bits per heavy atom. The summed E-state index contributed by atoms with van der Waals surface area (Å²) in [5.74, 6) is 0. The topological polar surface area (TPSA) is 19.7 Å². The normalized spacial score (nSPS) is 13.6. The Balaban J connectivity index is 0.000000153. The van der Waals surface area contributed by atoms with Crippen LogP contribution in [0.2, 0.25) is 0 Å². The Hall–Kier alpha value is -11.7. The van der Waals surface area contributed by atoms with Crippen LogP contribution < -0.4 is 28.6 Å². The molecule has 16 aromatic carbocycles. The fourth-order valence-corrected chi connectivity index (χ4v) is 43.3. The van der Waals surface area contributed by atoms with E-state index in [-0.39, 0.29) is 70.1 Å². The van der Waals surface area contributed by atoms with E-state index in [9.17, 15) is 0 Å². The van der Waals surface area contributed by atoms with Gasteiger partial charge in [0.2, 0.25) is 0 Å². The first-order valence-corrected chi connectivity index (χ1v) is 45.7. The van der Waals surface area contributed by atoms with Crippen molar-refractivity contribution in [3.8, 4) is 22.7 Å². The molecule has 6 heteroatoms. The van der Waals surface area contributed by atoms with E-state index in [1.165, 1.54) is 28.6 Å². The molecule has 0 saturated heterocycles. The monoisotopic (exact) mass is 1530 g/mol. The molecule has 0 amide bonds. The maximum atomic E-state index is 9.01. The zero-order chi connectivity index (χ0) is 78.0. The van der Waals surface area contributed by atoms with Crippen molar-refractivity contribution >= 4 is 153 Å². The van der Waals surface area contributed by atoms with Crippen molar-refractivity contribution in [1.29, 1.82) is 0 Å². The summed E-state index contributed by atoms with van der Waals surface area (Å²) in [6.07, 6.45) is 0. The summed E-state index contributed by atoms with van der Waals surface area (Å²) in [7, 11) is 0. The first kappa shape index (κ1) is 49.8. The summed E-state index contributed by atoms with van der Waals surface area (Å²) in [6, 6.07) is 117. The molecule has 0 aliphatic heterocycles. The molecule has 4 heterocycles. The first-order chi connectivity index (χ1) is 55.6. The predicted molar refractivity (Wildman–Crippen MR) is 437 cm³/mol. The number of hydrogen-bond donors (Lipinski definition) is 0. The molecule has 0 bridgehead atoms. The first-order valence-electron chi connectivity index (χ1n) is 40.2. The summed E-state index contributed by atoms with van der Waals surface area (Å²) < 4.78 is 124. The Kier molecular flexibility index (Phi) is 12.6. The van der Waals surface area contributed by atoms with Crippen LogP contribution in [0.15, 0.2) is 412 Å². The van der Waals surface area contributed by atoms with Crippen LogP contribution >= 0.6 is 0 Å². The molecule has 0 unspecified atom stereocenters. The van der Waals surface area contributed by atoms with Crippen LogP contribution in [0, 0.1) is 0 Å². The Bertz CT molecular complexity index is 6950. The fraction of sp³-hybridized carbons (Fsp3) is 0.